The van der Waals surface area contributed by atoms with Crippen LogP contribution in [-0.4, -0.2) is 16.3 Å². The first kappa shape index (κ1) is 14.4. The van der Waals surface area contributed by atoms with Gasteiger partial charge in [-0.3, -0.25) is 0 Å². The molecule has 1 aromatic heterocycles. The lowest BCUT2D eigenvalue weighted by Gasteiger charge is -2.21. The molecule has 4 rings (SSSR count). The van der Waals surface area contributed by atoms with E-state index in [-0.39, 0.29) is 6.79 Å². The van der Waals surface area contributed by atoms with E-state index in [0.29, 0.717) is 6.54 Å². The van der Waals surface area contributed by atoms with Crippen molar-refractivity contribution in [2.45, 2.75) is 51.5 Å². The fourth-order valence-corrected chi connectivity index (χ4v) is 3.81. The van der Waals surface area contributed by atoms with Crippen LogP contribution >= 0.6 is 0 Å². The molecular weight excluding hydrogens is 290 g/mol. The minimum absolute atomic E-state index is 0.259. The molecular formula is C18H21N3O2. The number of hydrogen-bond donors (Lipinski definition) is 0. The summed E-state index contributed by atoms with van der Waals surface area (Å²) in [5.74, 6) is 3.32. The van der Waals surface area contributed by atoms with Crippen molar-refractivity contribution in [3.8, 4) is 17.6 Å². The molecule has 1 aliphatic heterocycles. The molecule has 0 radical (unpaired) electrons. The Bertz CT molecular complexity index is 754. The van der Waals surface area contributed by atoms with Crippen LogP contribution in [0.25, 0.3) is 11.0 Å². The number of rotatable bonds is 4. The molecule has 2 aliphatic rings. The van der Waals surface area contributed by atoms with Gasteiger partial charge in [-0.25, -0.2) is 4.98 Å². The Morgan fingerprint density at radius 3 is 2.74 bits per heavy atom. The van der Waals surface area contributed by atoms with Crippen molar-refractivity contribution in [1.82, 2.24) is 9.55 Å². The highest BCUT2D eigenvalue weighted by atomic mass is 16.7. The van der Waals surface area contributed by atoms with Crippen LogP contribution in [-0.2, 0) is 13.0 Å². The second-order valence-corrected chi connectivity index (χ2v) is 6.51. The molecule has 0 unspecified atom stereocenters. The van der Waals surface area contributed by atoms with Crippen LogP contribution in [0.4, 0.5) is 0 Å². The van der Waals surface area contributed by atoms with Crippen molar-refractivity contribution in [1.29, 1.82) is 5.26 Å². The van der Waals surface area contributed by atoms with Gasteiger partial charge >= 0.3 is 0 Å². The van der Waals surface area contributed by atoms with Crippen molar-refractivity contribution in [3.63, 3.8) is 0 Å². The summed E-state index contributed by atoms with van der Waals surface area (Å²) in [5.41, 5.74) is 1.86. The molecule has 0 saturated heterocycles. The van der Waals surface area contributed by atoms with Crippen LogP contribution in [0.3, 0.4) is 0 Å². The van der Waals surface area contributed by atoms with E-state index in [2.05, 4.69) is 6.07 Å². The molecule has 1 aromatic carbocycles. The molecule has 1 saturated carbocycles. The highest BCUT2D eigenvalue weighted by Crippen LogP contribution is 2.36. The molecule has 2 aromatic rings. The zero-order chi connectivity index (χ0) is 15.6. The summed E-state index contributed by atoms with van der Waals surface area (Å²) in [6.45, 7) is 0.588. The second-order valence-electron chi connectivity index (χ2n) is 6.51. The predicted molar refractivity (Wildman–Crippen MR) is 86.4 cm³/mol. The van der Waals surface area contributed by atoms with Gasteiger partial charge in [0.1, 0.15) is 12.4 Å². The number of nitriles is 1. The summed E-state index contributed by atoms with van der Waals surface area (Å²) >= 11 is 0. The van der Waals surface area contributed by atoms with Gasteiger partial charge in [0.2, 0.25) is 6.79 Å². The topological polar surface area (TPSA) is 60.1 Å². The minimum atomic E-state index is 0.259. The van der Waals surface area contributed by atoms with Crippen molar-refractivity contribution in [2.24, 2.45) is 5.92 Å². The fourth-order valence-electron chi connectivity index (χ4n) is 3.81. The quantitative estimate of drug-likeness (QED) is 0.861. The van der Waals surface area contributed by atoms with E-state index < -0.39 is 0 Å². The van der Waals surface area contributed by atoms with E-state index in [1.54, 1.807) is 0 Å². The molecule has 2 heterocycles. The smallest absolute Gasteiger partial charge is 0.231 e. The van der Waals surface area contributed by atoms with E-state index in [9.17, 15) is 5.26 Å². The lowest BCUT2D eigenvalue weighted by atomic mass is 9.86. The second kappa shape index (κ2) is 6.11. The third-order valence-corrected chi connectivity index (χ3v) is 5.05. The average molecular weight is 311 g/mol. The van der Waals surface area contributed by atoms with Gasteiger partial charge in [0.25, 0.3) is 0 Å². The van der Waals surface area contributed by atoms with Gasteiger partial charge in [-0.05, 0) is 12.3 Å². The lowest BCUT2D eigenvalue weighted by Crippen LogP contribution is -2.10. The minimum Gasteiger partial charge on any atom is -0.454 e. The molecule has 0 atom stereocenters. The first-order chi connectivity index (χ1) is 11.3. The molecule has 1 aliphatic carbocycles. The average Bonchev–Trinajstić information content (AvgIpc) is 3.16. The standard InChI is InChI=1S/C18H21N3O2/c19-8-9-21-15-11-17-16(22-12-23-17)10-14(15)20-18(21)7-6-13-4-2-1-3-5-13/h10-11,13H,1-7,9,12H2. The number of ether oxygens (including phenoxy) is 2. The van der Waals surface area contributed by atoms with E-state index in [1.807, 2.05) is 16.7 Å². The monoisotopic (exact) mass is 311 g/mol. The number of nitrogens with zero attached hydrogens (tertiary/aromatic N) is 3. The van der Waals surface area contributed by atoms with Crippen molar-refractivity contribution < 1.29 is 9.47 Å². The molecule has 0 N–H and O–H groups in total. The van der Waals surface area contributed by atoms with E-state index >= 15 is 0 Å². The first-order valence-corrected chi connectivity index (χ1v) is 8.51. The first-order valence-electron chi connectivity index (χ1n) is 8.51. The number of imidazole rings is 1. The lowest BCUT2D eigenvalue weighted by molar-refractivity contribution is 0.174. The van der Waals surface area contributed by atoms with E-state index in [0.717, 1.165) is 40.7 Å². The summed E-state index contributed by atoms with van der Waals surface area (Å²) in [7, 11) is 0. The van der Waals surface area contributed by atoms with Gasteiger partial charge in [0.05, 0.1) is 17.1 Å². The molecule has 5 heteroatoms. The Balaban J connectivity index is 1.62. The van der Waals surface area contributed by atoms with Gasteiger partial charge in [-0.2, -0.15) is 5.26 Å². The molecule has 120 valence electrons. The maximum Gasteiger partial charge on any atom is 0.231 e. The predicted octanol–water partition coefficient (Wildman–Crippen LogP) is 3.80. The van der Waals surface area contributed by atoms with Gasteiger partial charge in [0.15, 0.2) is 11.5 Å². The van der Waals surface area contributed by atoms with Gasteiger partial charge < -0.3 is 14.0 Å². The highest BCUT2D eigenvalue weighted by Gasteiger charge is 2.20. The Hall–Kier alpha value is -2.22. The van der Waals surface area contributed by atoms with Crippen LogP contribution in [0.5, 0.6) is 11.5 Å². The van der Waals surface area contributed by atoms with E-state index in [1.165, 1.54) is 38.5 Å². The summed E-state index contributed by atoms with van der Waals surface area (Å²) in [6.07, 6.45) is 8.90. The molecule has 23 heavy (non-hydrogen) atoms. The molecule has 0 bridgehead atoms. The molecule has 0 spiro atoms. The van der Waals surface area contributed by atoms with Gasteiger partial charge in [-0.15, -0.1) is 0 Å². The Morgan fingerprint density at radius 1 is 1.17 bits per heavy atom. The van der Waals surface area contributed by atoms with Crippen LogP contribution < -0.4 is 9.47 Å². The summed E-state index contributed by atoms with van der Waals surface area (Å²) in [5, 5.41) is 9.18. The summed E-state index contributed by atoms with van der Waals surface area (Å²) < 4.78 is 12.9. The van der Waals surface area contributed by atoms with Gasteiger partial charge in [-0.1, -0.05) is 32.1 Å². The Kier molecular flexibility index (Phi) is 3.82. The zero-order valence-corrected chi connectivity index (χ0v) is 13.3. The molecule has 5 nitrogen and oxygen atoms in total. The number of aromatic nitrogens is 2. The number of benzene rings is 1. The molecule has 1 fully saturated rings. The number of aryl methyl sites for hydroxylation is 1. The zero-order valence-electron chi connectivity index (χ0n) is 13.3. The SMILES string of the molecule is N#CCn1c(CCC2CCCCC2)nc2cc3c(cc21)OCO3. The largest absolute Gasteiger partial charge is 0.454 e. The van der Waals surface area contributed by atoms with Crippen LogP contribution in [0.15, 0.2) is 12.1 Å². The third kappa shape index (κ3) is 2.74. The van der Waals surface area contributed by atoms with Crippen LogP contribution in [0, 0.1) is 17.2 Å². The maximum absolute atomic E-state index is 9.18. The summed E-state index contributed by atoms with van der Waals surface area (Å²) in [4.78, 5) is 4.77. The van der Waals surface area contributed by atoms with Crippen LogP contribution in [0.2, 0.25) is 0 Å². The number of hydrogen-bond acceptors (Lipinski definition) is 4. The van der Waals surface area contributed by atoms with Crippen molar-refractivity contribution >= 4 is 11.0 Å². The highest BCUT2D eigenvalue weighted by molar-refractivity contribution is 5.81. The molecule has 0 amide bonds. The maximum atomic E-state index is 9.18. The van der Waals surface area contributed by atoms with Gasteiger partial charge in [0, 0.05) is 18.6 Å². The summed E-state index contributed by atoms with van der Waals surface area (Å²) in [6, 6.07) is 6.14. The Morgan fingerprint density at radius 2 is 1.96 bits per heavy atom. The fraction of sp³-hybridized carbons (Fsp3) is 0.556. The third-order valence-electron chi connectivity index (χ3n) is 5.05. The normalized spacial score (nSPS) is 17.5. The van der Waals surface area contributed by atoms with Crippen LogP contribution in [0.1, 0.15) is 44.3 Å². The van der Waals surface area contributed by atoms with E-state index in [4.69, 9.17) is 14.5 Å². The number of fused-ring (bicyclic) bond motifs is 2. The Labute approximate surface area is 135 Å². The van der Waals surface area contributed by atoms with Crippen molar-refractivity contribution in [3.05, 3.63) is 18.0 Å². The van der Waals surface area contributed by atoms with Crippen molar-refractivity contribution in [2.75, 3.05) is 6.79 Å².